The number of nitrogens with one attached hydrogen (secondary N) is 1. The molecule has 0 atom stereocenters. The van der Waals surface area contributed by atoms with Crippen LogP contribution in [-0.4, -0.2) is 12.5 Å². The normalized spacial score (nSPS) is 9.50. The molecule has 0 radical (unpaired) electrons. The van der Waals surface area contributed by atoms with Crippen molar-refractivity contribution in [3.63, 3.8) is 0 Å². The zero-order chi connectivity index (χ0) is 14.4. The molecule has 2 aromatic carbocycles. The van der Waals surface area contributed by atoms with Gasteiger partial charge in [0.15, 0.2) is 0 Å². The number of carbonyl (C=O) groups is 1. The van der Waals surface area contributed by atoms with E-state index in [1.807, 2.05) is 43.3 Å². The second-order valence-electron chi connectivity index (χ2n) is 4.33. The summed E-state index contributed by atoms with van der Waals surface area (Å²) in [5.41, 5.74) is 2.46. The molecule has 0 aliphatic heterocycles. The number of benzene rings is 2. The minimum absolute atomic E-state index is 0.123. The SMILES string of the molecule is Cc1cccc(C(=O)NCC#Cc2ccccc2Cl)c1. The number of hydrogen-bond acceptors (Lipinski definition) is 1. The Morgan fingerprint density at radius 2 is 2.00 bits per heavy atom. The largest absolute Gasteiger partial charge is 0.341 e. The summed E-state index contributed by atoms with van der Waals surface area (Å²) >= 11 is 5.99. The lowest BCUT2D eigenvalue weighted by Crippen LogP contribution is -2.23. The molecule has 20 heavy (non-hydrogen) atoms. The van der Waals surface area contributed by atoms with Crippen molar-refractivity contribution in [3.05, 3.63) is 70.2 Å². The summed E-state index contributed by atoms with van der Waals surface area (Å²) in [7, 11) is 0. The van der Waals surface area contributed by atoms with E-state index in [9.17, 15) is 4.79 Å². The summed E-state index contributed by atoms with van der Waals surface area (Å²) in [5, 5.41) is 3.38. The predicted octanol–water partition coefficient (Wildman–Crippen LogP) is 3.43. The van der Waals surface area contributed by atoms with Crippen LogP contribution < -0.4 is 5.32 Å². The first kappa shape index (κ1) is 14.2. The smallest absolute Gasteiger partial charge is 0.252 e. The lowest BCUT2D eigenvalue weighted by atomic mass is 10.1. The number of halogens is 1. The average Bonchev–Trinajstić information content (AvgIpc) is 2.45. The Kier molecular flexibility index (Phi) is 4.81. The number of aryl methyl sites for hydroxylation is 1. The third-order valence-corrected chi connectivity index (χ3v) is 3.04. The van der Waals surface area contributed by atoms with E-state index in [0.29, 0.717) is 10.6 Å². The van der Waals surface area contributed by atoms with Crippen LogP contribution in [-0.2, 0) is 0 Å². The topological polar surface area (TPSA) is 29.1 Å². The highest BCUT2D eigenvalue weighted by molar-refractivity contribution is 6.31. The van der Waals surface area contributed by atoms with Gasteiger partial charge in [0, 0.05) is 11.1 Å². The summed E-state index contributed by atoms with van der Waals surface area (Å²) in [4.78, 5) is 11.9. The Hall–Kier alpha value is -2.24. The van der Waals surface area contributed by atoms with Gasteiger partial charge < -0.3 is 5.32 Å². The molecule has 0 aliphatic carbocycles. The molecule has 0 aliphatic rings. The number of rotatable bonds is 2. The van der Waals surface area contributed by atoms with Crippen molar-refractivity contribution in [1.29, 1.82) is 0 Å². The number of hydrogen-bond donors (Lipinski definition) is 1. The summed E-state index contributed by atoms with van der Waals surface area (Å²) < 4.78 is 0. The van der Waals surface area contributed by atoms with Crippen molar-refractivity contribution >= 4 is 17.5 Å². The summed E-state index contributed by atoms with van der Waals surface area (Å²) in [5.74, 6) is 5.70. The van der Waals surface area contributed by atoms with Gasteiger partial charge in [-0.3, -0.25) is 4.79 Å². The molecule has 0 aromatic heterocycles. The standard InChI is InChI=1S/C17H14ClNO/c1-13-6-4-8-15(12-13)17(20)19-11-5-9-14-7-2-3-10-16(14)18/h2-4,6-8,10,12H,11H2,1H3,(H,19,20). The number of amides is 1. The zero-order valence-electron chi connectivity index (χ0n) is 11.1. The molecule has 2 aromatic rings. The van der Waals surface area contributed by atoms with Crippen molar-refractivity contribution in [3.8, 4) is 11.8 Å². The van der Waals surface area contributed by atoms with E-state index in [0.717, 1.165) is 11.1 Å². The van der Waals surface area contributed by atoms with Crippen LogP contribution in [0.3, 0.4) is 0 Å². The third-order valence-electron chi connectivity index (χ3n) is 2.71. The molecular weight excluding hydrogens is 270 g/mol. The molecule has 0 fully saturated rings. The lowest BCUT2D eigenvalue weighted by Gasteiger charge is -2.02. The molecule has 1 amide bonds. The Labute approximate surface area is 123 Å². The van der Waals surface area contributed by atoms with Gasteiger partial charge in [-0.25, -0.2) is 0 Å². The van der Waals surface area contributed by atoms with Gasteiger partial charge in [0.25, 0.3) is 5.91 Å². The van der Waals surface area contributed by atoms with Gasteiger partial charge in [0.2, 0.25) is 0 Å². The molecule has 2 rings (SSSR count). The predicted molar refractivity (Wildman–Crippen MR) is 81.8 cm³/mol. The fourth-order valence-electron chi connectivity index (χ4n) is 1.71. The van der Waals surface area contributed by atoms with Crippen LogP contribution in [0.1, 0.15) is 21.5 Å². The van der Waals surface area contributed by atoms with Crippen LogP contribution in [0.5, 0.6) is 0 Å². The van der Waals surface area contributed by atoms with E-state index in [1.165, 1.54) is 0 Å². The maximum absolute atomic E-state index is 11.9. The van der Waals surface area contributed by atoms with Crippen LogP contribution in [0, 0.1) is 18.8 Å². The molecule has 1 N–H and O–H groups in total. The second kappa shape index (κ2) is 6.79. The minimum atomic E-state index is -0.123. The summed E-state index contributed by atoms with van der Waals surface area (Å²) in [6.45, 7) is 2.24. The van der Waals surface area contributed by atoms with Crippen LogP contribution in [0.15, 0.2) is 48.5 Å². The van der Waals surface area contributed by atoms with E-state index >= 15 is 0 Å². The molecule has 0 bridgehead atoms. The maximum Gasteiger partial charge on any atom is 0.252 e. The van der Waals surface area contributed by atoms with Crippen molar-refractivity contribution in [2.75, 3.05) is 6.54 Å². The Bertz CT molecular complexity index is 683. The fraction of sp³-hybridized carbons (Fsp3) is 0.118. The van der Waals surface area contributed by atoms with Crippen LogP contribution in [0.25, 0.3) is 0 Å². The van der Waals surface area contributed by atoms with E-state index < -0.39 is 0 Å². The van der Waals surface area contributed by atoms with Crippen LogP contribution >= 0.6 is 11.6 Å². The molecule has 100 valence electrons. The van der Waals surface area contributed by atoms with E-state index in [1.54, 1.807) is 12.1 Å². The molecule has 0 unspecified atom stereocenters. The first-order valence-corrected chi connectivity index (χ1v) is 6.63. The van der Waals surface area contributed by atoms with Gasteiger partial charge in [-0.1, -0.05) is 53.3 Å². The van der Waals surface area contributed by atoms with E-state index in [-0.39, 0.29) is 12.5 Å². The minimum Gasteiger partial charge on any atom is -0.341 e. The third kappa shape index (κ3) is 3.88. The van der Waals surface area contributed by atoms with Gasteiger partial charge >= 0.3 is 0 Å². The second-order valence-corrected chi connectivity index (χ2v) is 4.74. The highest BCUT2D eigenvalue weighted by atomic mass is 35.5. The Balaban J connectivity index is 1.94. The van der Waals surface area contributed by atoms with Gasteiger partial charge in [-0.05, 0) is 31.2 Å². The molecule has 2 nitrogen and oxygen atoms in total. The quantitative estimate of drug-likeness (QED) is 0.841. The first-order valence-electron chi connectivity index (χ1n) is 6.25. The van der Waals surface area contributed by atoms with Gasteiger partial charge in [-0.2, -0.15) is 0 Å². The van der Waals surface area contributed by atoms with E-state index in [4.69, 9.17) is 11.6 Å². The molecule has 3 heteroatoms. The summed E-state index contributed by atoms with van der Waals surface area (Å²) in [6.07, 6.45) is 0. The summed E-state index contributed by atoms with van der Waals surface area (Å²) in [6, 6.07) is 14.8. The highest BCUT2D eigenvalue weighted by Gasteiger charge is 2.03. The first-order chi connectivity index (χ1) is 9.66. The van der Waals surface area contributed by atoms with Gasteiger partial charge in [-0.15, -0.1) is 0 Å². The van der Waals surface area contributed by atoms with Crippen LogP contribution in [0.2, 0.25) is 5.02 Å². The van der Waals surface area contributed by atoms with Gasteiger partial charge in [0.1, 0.15) is 0 Å². The average molecular weight is 284 g/mol. The van der Waals surface area contributed by atoms with Crippen molar-refractivity contribution in [2.45, 2.75) is 6.92 Å². The van der Waals surface area contributed by atoms with Crippen molar-refractivity contribution in [2.24, 2.45) is 0 Å². The van der Waals surface area contributed by atoms with Crippen molar-refractivity contribution in [1.82, 2.24) is 5.32 Å². The molecule has 0 spiro atoms. The van der Waals surface area contributed by atoms with Crippen LogP contribution in [0.4, 0.5) is 0 Å². The lowest BCUT2D eigenvalue weighted by molar-refractivity contribution is 0.0958. The van der Waals surface area contributed by atoms with Gasteiger partial charge in [0.05, 0.1) is 11.6 Å². The van der Waals surface area contributed by atoms with Crippen molar-refractivity contribution < 1.29 is 4.79 Å². The Morgan fingerprint density at radius 3 is 2.75 bits per heavy atom. The van der Waals surface area contributed by atoms with E-state index in [2.05, 4.69) is 17.2 Å². The molecular formula is C17H14ClNO. The molecule has 0 heterocycles. The molecule has 0 saturated carbocycles. The Morgan fingerprint density at radius 1 is 1.20 bits per heavy atom. The highest BCUT2D eigenvalue weighted by Crippen LogP contribution is 2.12. The fourth-order valence-corrected chi connectivity index (χ4v) is 1.90. The number of carbonyl (C=O) groups excluding carboxylic acids is 1. The monoisotopic (exact) mass is 283 g/mol. The maximum atomic E-state index is 11.9. The molecule has 0 saturated heterocycles. The zero-order valence-corrected chi connectivity index (χ0v) is 11.9.